The number of methoxy groups -OCH3 is 1. The van der Waals surface area contributed by atoms with Crippen LogP contribution in [0.15, 0.2) is 76.2 Å². The summed E-state index contributed by atoms with van der Waals surface area (Å²) in [4.78, 5) is 24.0. The van der Waals surface area contributed by atoms with E-state index >= 15 is 0 Å². The lowest BCUT2D eigenvalue weighted by atomic mass is 10.2. The van der Waals surface area contributed by atoms with E-state index in [1.54, 1.807) is 31.2 Å². The number of amides is 1. The summed E-state index contributed by atoms with van der Waals surface area (Å²) in [6.07, 6.45) is 0.774. The Morgan fingerprint density at radius 3 is 2.44 bits per heavy atom. The van der Waals surface area contributed by atoms with Gasteiger partial charge in [-0.15, -0.1) is 0 Å². The molecule has 0 spiro atoms. The fourth-order valence-corrected chi connectivity index (χ4v) is 4.48. The Kier molecular flexibility index (Phi) is 9.07. The molecule has 1 amide bonds. The SMILES string of the molecule is COC(=O)[C@H](C)Oc1ccc(/C=N/NC(=O)c2ccc(COc3ccc(-n4c(C)ccc4C)cc3)o2)cc1I. The number of nitrogens with zero attached hydrogens (tertiary/aromatic N) is 2. The molecule has 2 heterocycles. The number of nitrogens with one attached hydrogen (secondary N) is 1. The van der Waals surface area contributed by atoms with Crippen LogP contribution in [0.4, 0.5) is 0 Å². The van der Waals surface area contributed by atoms with Crippen LogP contribution in [0.1, 0.15) is 40.2 Å². The maximum Gasteiger partial charge on any atom is 0.346 e. The quantitative estimate of drug-likeness (QED) is 0.105. The number of halogens is 1. The van der Waals surface area contributed by atoms with Gasteiger partial charge in [0.05, 0.1) is 16.9 Å². The Morgan fingerprint density at radius 1 is 1.05 bits per heavy atom. The maximum atomic E-state index is 12.4. The lowest BCUT2D eigenvalue weighted by Crippen LogP contribution is -2.25. The zero-order chi connectivity index (χ0) is 27.9. The zero-order valence-electron chi connectivity index (χ0n) is 21.9. The molecule has 1 N–H and O–H groups in total. The van der Waals surface area contributed by atoms with Crippen molar-refractivity contribution in [3.05, 3.63) is 98.8 Å². The molecule has 0 aliphatic rings. The van der Waals surface area contributed by atoms with Crippen molar-refractivity contribution in [1.82, 2.24) is 9.99 Å². The highest BCUT2D eigenvalue weighted by Crippen LogP contribution is 2.23. The van der Waals surface area contributed by atoms with E-state index in [1.165, 1.54) is 13.3 Å². The molecule has 4 rings (SSSR count). The molecule has 0 bridgehead atoms. The van der Waals surface area contributed by atoms with Crippen LogP contribution in [0.25, 0.3) is 5.69 Å². The van der Waals surface area contributed by atoms with Gasteiger partial charge < -0.3 is 23.2 Å². The van der Waals surface area contributed by atoms with E-state index in [1.807, 2.05) is 30.3 Å². The fourth-order valence-electron chi connectivity index (χ4n) is 3.82. The number of aromatic nitrogens is 1. The van der Waals surface area contributed by atoms with Gasteiger partial charge in [-0.3, -0.25) is 4.79 Å². The summed E-state index contributed by atoms with van der Waals surface area (Å²) < 4.78 is 24.7. The number of rotatable bonds is 10. The van der Waals surface area contributed by atoms with Gasteiger partial charge in [0, 0.05) is 17.1 Å². The molecule has 0 radical (unpaired) electrons. The van der Waals surface area contributed by atoms with Crippen molar-refractivity contribution in [3.8, 4) is 17.2 Å². The second kappa shape index (κ2) is 12.7. The van der Waals surface area contributed by atoms with Crippen LogP contribution >= 0.6 is 22.6 Å². The monoisotopic (exact) mass is 641 g/mol. The summed E-state index contributed by atoms with van der Waals surface area (Å²) in [6, 6.07) is 20.5. The van der Waals surface area contributed by atoms with Gasteiger partial charge in [-0.2, -0.15) is 5.10 Å². The van der Waals surface area contributed by atoms with Crippen molar-refractivity contribution in [2.24, 2.45) is 5.10 Å². The first-order valence-electron chi connectivity index (χ1n) is 12.1. The van der Waals surface area contributed by atoms with Gasteiger partial charge in [0.25, 0.3) is 0 Å². The molecule has 2 aromatic heterocycles. The summed E-state index contributed by atoms with van der Waals surface area (Å²) in [5, 5.41) is 4.00. The van der Waals surface area contributed by atoms with Gasteiger partial charge in [-0.25, -0.2) is 10.2 Å². The second-order valence-corrected chi connectivity index (χ2v) is 9.83. The minimum absolute atomic E-state index is 0.120. The van der Waals surface area contributed by atoms with Gasteiger partial charge in [-0.1, -0.05) is 0 Å². The van der Waals surface area contributed by atoms with Gasteiger partial charge in [0.15, 0.2) is 11.9 Å². The first-order chi connectivity index (χ1) is 18.7. The van der Waals surface area contributed by atoms with Crippen LogP contribution in [0, 0.1) is 17.4 Å². The molecule has 0 unspecified atom stereocenters. The number of hydrogen-bond donors (Lipinski definition) is 1. The number of ether oxygens (including phenoxy) is 3. The third kappa shape index (κ3) is 7.08. The van der Waals surface area contributed by atoms with Crippen LogP contribution < -0.4 is 14.9 Å². The molecular weight excluding hydrogens is 613 g/mol. The number of furan rings is 1. The average Bonchev–Trinajstić information content (AvgIpc) is 3.54. The first-order valence-corrected chi connectivity index (χ1v) is 13.2. The zero-order valence-corrected chi connectivity index (χ0v) is 24.1. The third-order valence-electron chi connectivity index (χ3n) is 5.81. The molecule has 0 fully saturated rings. The largest absolute Gasteiger partial charge is 0.486 e. The van der Waals surface area contributed by atoms with Gasteiger partial charge in [0.1, 0.15) is 23.9 Å². The number of hydrogen-bond acceptors (Lipinski definition) is 7. The van der Waals surface area contributed by atoms with Crippen LogP contribution in [0.2, 0.25) is 0 Å². The maximum absolute atomic E-state index is 12.4. The van der Waals surface area contributed by atoms with Gasteiger partial charge >= 0.3 is 11.9 Å². The third-order valence-corrected chi connectivity index (χ3v) is 6.65. The lowest BCUT2D eigenvalue weighted by Gasteiger charge is -2.13. The van der Waals surface area contributed by atoms with Gasteiger partial charge in [-0.05, 0) is 116 Å². The number of benzene rings is 2. The molecule has 0 saturated heterocycles. The number of carbonyl (C=O) groups is 2. The molecule has 202 valence electrons. The minimum Gasteiger partial charge on any atom is -0.486 e. The fraction of sp³-hybridized carbons (Fsp3) is 0.207. The average molecular weight is 641 g/mol. The van der Waals surface area contributed by atoms with Crippen molar-refractivity contribution >= 4 is 40.7 Å². The van der Waals surface area contributed by atoms with Crippen LogP contribution in [0.3, 0.4) is 0 Å². The van der Waals surface area contributed by atoms with E-state index in [2.05, 4.69) is 68.4 Å². The van der Waals surface area contributed by atoms with E-state index in [4.69, 9.17) is 13.9 Å². The summed E-state index contributed by atoms with van der Waals surface area (Å²) >= 11 is 2.10. The van der Waals surface area contributed by atoms with Crippen LogP contribution in [0.5, 0.6) is 11.5 Å². The van der Waals surface area contributed by atoms with Crippen LogP contribution in [-0.4, -0.2) is 35.9 Å². The van der Waals surface area contributed by atoms with Crippen molar-refractivity contribution in [2.75, 3.05) is 7.11 Å². The molecule has 2 aromatic carbocycles. The Morgan fingerprint density at radius 2 is 1.77 bits per heavy atom. The molecule has 10 heteroatoms. The van der Waals surface area contributed by atoms with E-state index in [0.717, 1.165) is 26.2 Å². The van der Waals surface area contributed by atoms with Crippen molar-refractivity contribution < 1.29 is 28.2 Å². The molecule has 0 saturated carbocycles. The van der Waals surface area contributed by atoms with E-state index in [-0.39, 0.29) is 12.4 Å². The summed E-state index contributed by atoms with van der Waals surface area (Å²) in [5.74, 6) is 0.924. The Bertz CT molecular complexity index is 1470. The molecule has 39 heavy (non-hydrogen) atoms. The predicted molar refractivity (Wildman–Crippen MR) is 155 cm³/mol. The number of hydrazone groups is 1. The van der Waals surface area contributed by atoms with E-state index in [0.29, 0.717) is 17.3 Å². The Hall–Kier alpha value is -4.06. The predicted octanol–water partition coefficient (Wildman–Crippen LogP) is 5.57. The smallest absolute Gasteiger partial charge is 0.346 e. The highest BCUT2D eigenvalue weighted by molar-refractivity contribution is 14.1. The Balaban J connectivity index is 1.28. The molecule has 1 atom stereocenters. The topological polar surface area (TPSA) is 104 Å². The van der Waals surface area contributed by atoms with Gasteiger partial charge in [0.2, 0.25) is 0 Å². The summed E-state index contributed by atoms with van der Waals surface area (Å²) in [6.45, 7) is 5.93. The van der Waals surface area contributed by atoms with Crippen molar-refractivity contribution in [3.63, 3.8) is 0 Å². The number of esters is 1. The number of carbonyl (C=O) groups excluding carboxylic acids is 2. The normalized spacial score (nSPS) is 11.8. The Labute approximate surface area is 239 Å². The van der Waals surface area contributed by atoms with Crippen LogP contribution in [-0.2, 0) is 16.1 Å². The minimum atomic E-state index is -0.727. The highest BCUT2D eigenvalue weighted by Gasteiger charge is 2.16. The second-order valence-electron chi connectivity index (χ2n) is 8.67. The molecule has 0 aliphatic carbocycles. The van der Waals surface area contributed by atoms with E-state index < -0.39 is 18.0 Å². The first kappa shape index (κ1) is 28.0. The van der Waals surface area contributed by atoms with Crippen molar-refractivity contribution in [2.45, 2.75) is 33.5 Å². The number of aryl methyl sites for hydroxylation is 2. The molecule has 0 aliphatic heterocycles. The standard InChI is InChI=1S/C29H28IN3O6/c1-18-5-6-19(2)33(18)22-8-10-23(11-9-22)37-17-24-12-14-27(39-24)28(34)32-31-16-21-7-13-26(25(30)15-21)38-20(3)29(35)36-4/h5-16,20H,17H2,1-4H3,(H,32,34)/b31-16+/t20-/m0/s1. The van der Waals surface area contributed by atoms with E-state index in [9.17, 15) is 9.59 Å². The molecular formula is C29H28IN3O6. The summed E-state index contributed by atoms with van der Waals surface area (Å²) in [7, 11) is 1.31. The highest BCUT2D eigenvalue weighted by atomic mass is 127. The summed E-state index contributed by atoms with van der Waals surface area (Å²) in [5.41, 5.74) is 6.57. The molecule has 4 aromatic rings. The van der Waals surface area contributed by atoms with Crippen molar-refractivity contribution in [1.29, 1.82) is 0 Å². The molecule has 9 nitrogen and oxygen atoms in total. The lowest BCUT2D eigenvalue weighted by molar-refractivity contribution is -0.147.